The molecular weight excluding hydrogens is 192 g/mol. The lowest BCUT2D eigenvalue weighted by atomic mass is 10.4. The van der Waals surface area contributed by atoms with Gasteiger partial charge in [-0.05, 0) is 11.5 Å². The number of nitrogens with zero attached hydrogens (tertiary/aromatic N) is 2. The van der Waals surface area contributed by atoms with Crippen LogP contribution in [0.5, 0.6) is 0 Å². The molecule has 0 aromatic carbocycles. The SMILES string of the molecule is CN1C=CS(=Cc2cccc[n+]2C)C1. The molecule has 1 aromatic rings. The van der Waals surface area contributed by atoms with Crippen molar-refractivity contribution in [2.24, 2.45) is 7.05 Å². The Morgan fingerprint density at radius 1 is 1.50 bits per heavy atom. The minimum atomic E-state index is 0.281. The second-order valence-electron chi connectivity index (χ2n) is 3.49. The van der Waals surface area contributed by atoms with Gasteiger partial charge in [-0.3, -0.25) is 0 Å². The third kappa shape index (κ3) is 2.04. The van der Waals surface area contributed by atoms with Gasteiger partial charge in [0.15, 0.2) is 6.20 Å². The second-order valence-corrected chi connectivity index (χ2v) is 5.20. The van der Waals surface area contributed by atoms with Gasteiger partial charge < -0.3 is 4.90 Å². The van der Waals surface area contributed by atoms with Crippen molar-refractivity contribution in [2.45, 2.75) is 0 Å². The molecule has 74 valence electrons. The Hall–Kier alpha value is -1.09. The Morgan fingerprint density at radius 3 is 3.00 bits per heavy atom. The molecule has 1 aliphatic rings. The van der Waals surface area contributed by atoms with E-state index in [1.165, 1.54) is 5.69 Å². The normalized spacial score (nSPS) is 20.7. The average Bonchev–Trinajstić information content (AvgIpc) is 2.56. The van der Waals surface area contributed by atoms with Crippen molar-refractivity contribution in [3.8, 4) is 0 Å². The van der Waals surface area contributed by atoms with Crippen molar-refractivity contribution in [3.05, 3.63) is 41.7 Å². The molecule has 0 fully saturated rings. The molecule has 0 bridgehead atoms. The molecule has 3 heteroatoms. The average molecular weight is 207 g/mol. The van der Waals surface area contributed by atoms with Crippen LogP contribution in [0, 0.1) is 0 Å². The molecule has 2 heterocycles. The van der Waals surface area contributed by atoms with Gasteiger partial charge in [0.2, 0.25) is 5.69 Å². The van der Waals surface area contributed by atoms with E-state index >= 15 is 0 Å². The van der Waals surface area contributed by atoms with Crippen molar-refractivity contribution >= 4 is 15.9 Å². The summed E-state index contributed by atoms with van der Waals surface area (Å²) in [4.78, 5) is 2.22. The van der Waals surface area contributed by atoms with Gasteiger partial charge in [-0.25, -0.2) is 4.57 Å². The fourth-order valence-electron chi connectivity index (χ4n) is 1.39. The van der Waals surface area contributed by atoms with Crippen molar-refractivity contribution in [3.63, 3.8) is 0 Å². The summed E-state index contributed by atoms with van der Waals surface area (Å²) in [6.45, 7) is 0. The summed E-state index contributed by atoms with van der Waals surface area (Å²) in [7, 11) is 4.48. The van der Waals surface area contributed by atoms with E-state index in [4.69, 9.17) is 0 Å². The summed E-state index contributed by atoms with van der Waals surface area (Å²) in [5.74, 6) is 1.12. The summed E-state index contributed by atoms with van der Waals surface area (Å²) in [5.41, 5.74) is 1.29. The summed E-state index contributed by atoms with van der Waals surface area (Å²) >= 11 is 0. The maximum absolute atomic E-state index is 2.33. The van der Waals surface area contributed by atoms with E-state index in [-0.39, 0.29) is 10.5 Å². The standard InChI is InChI=1S/C11H15N2S/c1-12-7-8-14(10-12)9-11-5-3-4-6-13(11)2/h3-9H,10H2,1-2H3/q+1. The maximum atomic E-state index is 2.33. The van der Waals surface area contributed by atoms with Crippen LogP contribution in [0.15, 0.2) is 36.0 Å². The van der Waals surface area contributed by atoms with Crippen LogP contribution in [0.3, 0.4) is 0 Å². The number of hydrogen-bond donors (Lipinski definition) is 0. The molecule has 0 radical (unpaired) electrons. The highest BCUT2D eigenvalue weighted by Crippen LogP contribution is 2.22. The first-order chi connectivity index (χ1) is 6.75. The topological polar surface area (TPSA) is 7.12 Å². The number of pyridine rings is 1. The Morgan fingerprint density at radius 2 is 2.36 bits per heavy atom. The van der Waals surface area contributed by atoms with Crippen LogP contribution in [0.2, 0.25) is 0 Å². The van der Waals surface area contributed by atoms with E-state index in [2.05, 4.69) is 64.9 Å². The van der Waals surface area contributed by atoms with Gasteiger partial charge >= 0.3 is 0 Å². The first-order valence-corrected chi connectivity index (χ1v) is 6.14. The summed E-state index contributed by atoms with van der Waals surface area (Å²) < 4.78 is 2.15. The molecule has 0 spiro atoms. The van der Waals surface area contributed by atoms with Crippen molar-refractivity contribution < 1.29 is 4.57 Å². The van der Waals surface area contributed by atoms with Crippen LogP contribution < -0.4 is 4.57 Å². The molecule has 0 saturated heterocycles. The summed E-state index contributed by atoms with van der Waals surface area (Å²) in [6.07, 6.45) is 4.24. The van der Waals surface area contributed by atoms with E-state index in [1.807, 2.05) is 0 Å². The third-order valence-corrected chi connectivity index (χ3v) is 3.93. The molecule has 2 nitrogen and oxygen atoms in total. The first-order valence-electron chi connectivity index (χ1n) is 4.62. The summed E-state index contributed by atoms with van der Waals surface area (Å²) in [5, 5.41) is 4.60. The fourth-order valence-corrected chi connectivity index (χ4v) is 3.11. The van der Waals surface area contributed by atoms with Crippen molar-refractivity contribution in [1.82, 2.24) is 4.90 Å². The van der Waals surface area contributed by atoms with E-state index in [0.717, 1.165) is 5.88 Å². The predicted molar refractivity (Wildman–Crippen MR) is 62.1 cm³/mol. The van der Waals surface area contributed by atoms with Crippen molar-refractivity contribution in [1.29, 1.82) is 0 Å². The van der Waals surface area contributed by atoms with Gasteiger partial charge in [0.05, 0.1) is 5.88 Å². The molecule has 14 heavy (non-hydrogen) atoms. The molecule has 0 amide bonds. The van der Waals surface area contributed by atoms with Gasteiger partial charge in [-0.15, -0.1) is 10.5 Å². The first kappa shape index (κ1) is 9.46. The lowest BCUT2D eigenvalue weighted by Crippen LogP contribution is -2.32. The quantitative estimate of drug-likeness (QED) is 0.497. The van der Waals surface area contributed by atoms with E-state index in [0.29, 0.717) is 0 Å². The van der Waals surface area contributed by atoms with Crippen LogP contribution in [-0.4, -0.2) is 23.2 Å². The highest BCUT2D eigenvalue weighted by atomic mass is 32.2. The fraction of sp³-hybridized carbons (Fsp3) is 0.273. The minimum Gasteiger partial charge on any atom is -0.371 e. The molecule has 0 saturated carbocycles. The Kier molecular flexibility index (Phi) is 2.68. The molecule has 0 N–H and O–H groups in total. The van der Waals surface area contributed by atoms with Crippen LogP contribution >= 0.6 is 10.5 Å². The lowest BCUT2D eigenvalue weighted by Gasteiger charge is -2.05. The van der Waals surface area contributed by atoms with Gasteiger partial charge in [0, 0.05) is 30.7 Å². The van der Waals surface area contributed by atoms with Gasteiger partial charge in [0.25, 0.3) is 0 Å². The van der Waals surface area contributed by atoms with E-state index in [9.17, 15) is 0 Å². The number of hydrogen-bond acceptors (Lipinski definition) is 1. The van der Waals surface area contributed by atoms with Crippen LogP contribution in [0.1, 0.15) is 5.69 Å². The predicted octanol–water partition coefficient (Wildman–Crippen LogP) is 1.30. The highest BCUT2D eigenvalue weighted by molar-refractivity contribution is 8.17. The van der Waals surface area contributed by atoms with E-state index < -0.39 is 0 Å². The molecule has 1 atom stereocenters. The Labute approximate surface area is 87.4 Å². The number of rotatable bonds is 1. The molecule has 1 aliphatic heterocycles. The number of aryl methyl sites for hydroxylation is 1. The van der Waals surface area contributed by atoms with Gasteiger partial charge in [-0.1, -0.05) is 0 Å². The van der Waals surface area contributed by atoms with Crippen LogP contribution in [0.4, 0.5) is 0 Å². The zero-order chi connectivity index (χ0) is 9.97. The molecule has 0 aliphatic carbocycles. The summed E-state index contributed by atoms with van der Waals surface area (Å²) in [6, 6.07) is 6.29. The van der Waals surface area contributed by atoms with Crippen molar-refractivity contribution in [2.75, 3.05) is 12.9 Å². The number of aromatic nitrogens is 1. The van der Waals surface area contributed by atoms with E-state index in [1.54, 1.807) is 0 Å². The monoisotopic (exact) mass is 207 g/mol. The highest BCUT2D eigenvalue weighted by Gasteiger charge is 2.06. The Bertz CT molecular complexity index is 396. The molecule has 1 unspecified atom stereocenters. The third-order valence-electron chi connectivity index (χ3n) is 2.21. The van der Waals surface area contributed by atoms with Crippen LogP contribution in [0.25, 0.3) is 0 Å². The van der Waals surface area contributed by atoms with Gasteiger partial charge in [-0.2, -0.15) is 0 Å². The maximum Gasteiger partial charge on any atom is 0.210 e. The smallest absolute Gasteiger partial charge is 0.210 e. The second kappa shape index (κ2) is 3.96. The largest absolute Gasteiger partial charge is 0.371 e. The molecule has 2 rings (SSSR count). The minimum absolute atomic E-state index is 0.281. The molecule has 1 aromatic heterocycles. The van der Waals surface area contributed by atoms with Gasteiger partial charge in [0.1, 0.15) is 7.05 Å². The molecular formula is C11H15N2S+. The zero-order valence-corrected chi connectivity index (χ0v) is 9.37. The Balaban J connectivity index is 2.26. The zero-order valence-electron chi connectivity index (χ0n) is 8.55. The lowest BCUT2D eigenvalue weighted by molar-refractivity contribution is -0.672. The van der Waals surface area contributed by atoms with Crippen LogP contribution in [-0.2, 0) is 7.05 Å².